The summed E-state index contributed by atoms with van der Waals surface area (Å²) in [4.78, 5) is 0. The van der Waals surface area contributed by atoms with Crippen molar-refractivity contribution in [2.24, 2.45) is 0 Å². The predicted molar refractivity (Wildman–Crippen MR) is 40.7 cm³/mol. The first-order chi connectivity index (χ1) is 5.83. The van der Waals surface area contributed by atoms with Crippen LogP contribution in [-0.4, -0.2) is 15.3 Å². The highest BCUT2D eigenvalue weighted by atomic mass is 16.3. The monoisotopic (exact) mass is 170 g/mol. The van der Waals surface area contributed by atoms with Gasteiger partial charge in [0.15, 0.2) is 6.20 Å². The van der Waals surface area contributed by atoms with Gasteiger partial charge in [0.25, 0.3) is 6.73 Å². The van der Waals surface area contributed by atoms with Crippen molar-refractivity contribution in [3.63, 3.8) is 0 Å². The van der Waals surface area contributed by atoms with Gasteiger partial charge in [-0.3, -0.25) is 0 Å². The Morgan fingerprint density at radius 1 is 1.17 bits per heavy atom. The lowest BCUT2D eigenvalue weighted by Gasteiger charge is -2.02. The molecule has 0 amide bonds. The second kappa shape index (κ2) is 4.15. The van der Waals surface area contributed by atoms with Gasteiger partial charge >= 0.3 is 0 Å². The van der Waals surface area contributed by atoms with E-state index in [4.69, 9.17) is 15.3 Å². The number of rotatable bonds is 3. The molecule has 12 heavy (non-hydrogen) atoms. The van der Waals surface area contributed by atoms with Crippen molar-refractivity contribution in [3.05, 3.63) is 29.6 Å². The molecule has 1 heterocycles. The van der Waals surface area contributed by atoms with E-state index in [1.807, 2.05) is 0 Å². The molecule has 0 spiro atoms. The molecule has 0 saturated carbocycles. The smallest absolute Gasteiger partial charge is 0.250 e. The largest absolute Gasteiger partial charge is 0.391 e. The van der Waals surface area contributed by atoms with Crippen LogP contribution in [0.2, 0.25) is 0 Å². The molecule has 0 aliphatic rings. The van der Waals surface area contributed by atoms with Crippen molar-refractivity contribution in [3.8, 4) is 0 Å². The van der Waals surface area contributed by atoms with Crippen LogP contribution >= 0.6 is 0 Å². The summed E-state index contributed by atoms with van der Waals surface area (Å²) in [5, 5.41) is 26.6. The predicted octanol–water partition coefficient (Wildman–Crippen LogP) is -1.09. The van der Waals surface area contributed by atoms with Gasteiger partial charge in [-0.1, -0.05) is 0 Å². The van der Waals surface area contributed by atoms with E-state index in [0.717, 1.165) is 0 Å². The van der Waals surface area contributed by atoms with Crippen molar-refractivity contribution < 1.29 is 19.9 Å². The van der Waals surface area contributed by atoms with Crippen LogP contribution in [0.15, 0.2) is 18.3 Å². The van der Waals surface area contributed by atoms with Crippen LogP contribution in [0.25, 0.3) is 0 Å². The van der Waals surface area contributed by atoms with Crippen molar-refractivity contribution in [1.29, 1.82) is 0 Å². The van der Waals surface area contributed by atoms with Gasteiger partial charge in [0.1, 0.15) is 6.61 Å². The number of aliphatic hydroxyl groups is 3. The van der Waals surface area contributed by atoms with E-state index in [-0.39, 0.29) is 19.9 Å². The minimum Gasteiger partial charge on any atom is -0.391 e. The number of pyridine rings is 1. The van der Waals surface area contributed by atoms with Crippen molar-refractivity contribution in [2.75, 3.05) is 0 Å². The molecule has 1 aromatic heterocycles. The van der Waals surface area contributed by atoms with Gasteiger partial charge in [0.05, 0.1) is 6.61 Å². The van der Waals surface area contributed by atoms with E-state index in [2.05, 4.69) is 0 Å². The van der Waals surface area contributed by atoms with E-state index >= 15 is 0 Å². The maximum absolute atomic E-state index is 8.92. The lowest BCUT2D eigenvalue weighted by Crippen LogP contribution is -2.39. The average Bonchev–Trinajstić information content (AvgIpc) is 2.16. The summed E-state index contributed by atoms with van der Waals surface area (Å²) in [6, 6.07) is 3.42. The van der Waals surface area contributed by atoms with Gasteiger partial charge < -0.3 is 15.3 Å². The maximum Gasteiger partial charge on any atom is 0.250 e. The molecule has 0 aromatic carbocycles. The van der Waals surface area contributed by atoms with Gasteiger partial charge in [-0.25, -0.2) is 0 Å². The number of hydrogen-bond donors (Lipinski definition) is 3. The zero-order chi connectivity index (χ0) is 8.97. The molecule has 1 rings (SSSR count). The Bertz CT molecular complexity index is 240. The average molecular weight is 170 g/mol. The van der Waals surface area contributed by atoms with Gasteiger partial charge in [-0.05, 0) is 6.07 Å². The minimum absolute atomic E-state index is 0.128. The lowest BCUT2D eigenvalue weighted by molar-refractivity contribution is -0.738. The Hall–Kier alpha value is -0.970. The minimum atomic E-state index is -0.191. The molecule has 4 nitrogen and oxygen atoms in total. The molecule has 3 N–H and O–H groups in total. The molecular formula is C8H12NO3+. The Morgan fingerprint density at radius 3 is 2.42 bits per heavy atom. The Labute approximate surface area is 70.3 Å². The number of hydrogen-bond acceptors (Lipinski definition) is 3. The molecule has 66 valence electrons. The third kappa shape index (κ3) is 1.61. The molecule has 0 aliphatic carbocycles. The molecule has 0 fully saturated rings. The zero-order valence-corrected chi connectivity index (χ0v) is 6.64. The third-order valence-electron chi connectivity index (χ3n) is 1.75. The van der Waals surface area contributed by atoms with Gasteiger partial charge in [0, 0.05) is 11.6 Å². The molecule has 0 atom stereocenters. The molecule has 0 aliphatic heterocycles. The second-order valence-electron chi connectivity index (χ2n) is 2.41. The number of nitrogens with zero attached hydrogens (tertiary/aromatic N) is 1. The topological polar surface area (TPSA) is 64.6 Å². The van der Waals surface area contributed by atoms with Crippen molar-refractivity contribution in [2.45, 2.75) is 19.9 Å². The first kappa shape index (κ1) is 9.12. The standard InChI is InChI=1S/C8H12NO3/c10-4-7-2-1-3-9(6-12)8(7)5-11/h1-3,10-12H,4-6H2/q+1. The van der Waals surface area contributed by atoms with Gasteiger partial charge in [0.2, 0.25) is 5.69 Å². The molecule has 1 aromatic rings. The molecule has 0 saturated heterocycles. The van der Waals surface area contributed by atoms with Crippen LogP contribution in [0.3, 0.4) is 0 Å². The quantitative estimate of drug-likeness (QED) is 0.505. The summed E-state index contributed by atoms with van der Waals surface area (Å²) in [6.45, 7) is -0.502. The van der Waals surface area contributed by atoms with Gasteiger partial charge in [-0.2, -0.15) is 4.57 Å². The van der Waals surface area contributed by atoms with Crippen LogP contribution in [0.4, 0.5) is 0 Å². The first-order valence-electron chi connectivity index (χ1n) is 3.66. The second-order valence-corrected chi connectivity index (χ2v) is 2.41. The van der Waals surface area contributed by atoms with E-state index in [1.54, 1.807) is 18.3 Å². The highest BCUT2D eigenvalue weighted by molar-refractivity contribution is 5.13. The van der Waals surface area contributed by atoms with E-state index in [0.29, 0.717) is 11.3 Å². The van der Waals surface area contributed by atoms with Crippen LogP contribution in [-0.2, 0) is 19.9 Å². The molecule has 0 bridgehead atoms. The number of aliphatic hydroxyl groups excluding tert-OH is 3. The first-order valence-corrected chi connectivity index (χ1v) is 3.66. The van der Waals surface area contributed by atoms with Crippen molar-refractivity contribution >= 4 is 0 Å². The fourth-order valence-electron chi connectivity index (χ4n) is 1.10. The molecular weight excluding hydrogens is 158 g/mol. The van der Waals surface area contributed by atoms with Crippen LogP contribution < -0.4 is 4.57 Å². The highest BCUT2D eigenvalue weighted by Gasteiger charge is 2.12. The SMILES string of the molecule is OCc1ccc[n+](CO)c1CO. The molecule has 0 unspecified atom stereocenters. The fraction of sp³-hybridized carbons (Fsp3) is 0.375. The summed E-state index contributed by atoms with van der Waals surface area (Å²) < 4.78 is 1.48. The number of aromatic nitrogens is 1. The van der Waals surface area contributed by atoms with Crippen molar-refractivity contribution in [1.82, 2.24) is 0 Å². The normalized spacial score (nSPS) is 10.2. The zero-order valence-electron chi connectivity index (χ0n) is 6.64. The Balaban J connectivity index is 3.13. The summed E-state index contributed by atoms with van der Waals surface area (Å²) in [7, 11) is 0. The van der Waals surface area contributed by atoms with E-state index < -0.39 is 0 Å². The summed E-state index contributed by atoms with van der Waals surface area (Å²) in [5.74, 6) is 0. The summed E-state index contributed by atoms with van der Waals surface area (Å²) >= 11 is 0. The molecule has 4 heteroatoms. The van der Waals surface area contributed by atoms with E-state index in [1.165, 1.54) is 4.57 Å². The lowest BCUT2D eigenvalue weighted by atomic mass is 10.2. The van der Waals surface area contributed by atoms with E-state index in [9.17, 15) is 0 Å². The fourth-order valence-corrected chi connectivity index (χ4v) is 1.10. The maximum atomic E-state index is 8.92. The summed E-state index contributed by atoms with van der Waals surface area (Å²) in [6.07, 6.45) is 1.64. The summed E-state index contributed by atoms with van der Waals surface area (Å²) in [5.41, 5.74) is 1.18. The highest BCUT2D eigenvalue weighted by Crippen LogP contribution is 2.02. The Morgan fingerprint density at radius 2 is 1.92 bits per heavy atom. The van der Waals surface area contributed by atoms with Crippen LogP contribution in [0.1, 0.15) is 11.3 Å². The molecule has 0 radical (unpaired) electrons. The van der Waals surface area contributed by atoms with Crippen LogP contribution in [0, 0.1) is 0 Å². The third-order valence-corrected chi connectivity index (χ3v) is 1.75. The van der Waals surface area contributed by atoms with Crippen LogP contribution in [0.5, 0.6) is 0 Å². The van der Waals surface area contributed by atoms with Gasteiger partial charge in [-0.15, -0.1) is 0 Å². The Kier molecular flexibility index (Phi) is 3.16.